The van der Waals surface area contributed by atoms with Crippen molar-refractivity contribution in [3.05, 3.63) is 118 Å². The fraction of sp³-hybridized carbons (Fsp3) is 0.156. The van der Waals surface area contributed by atoms with Gasteiger partial charge >= 0.3 is 0 Å². The van der Waals surface area contributed by atoms with Gasteiger partial charge in [-0.15, -0.1) is 5.10 Å². The van der Waals surface area contributed by atoms with Crippen molar-refractivity contribution in [3.8, 4) is 17.5 Å². The molecule has 0 aliphatic carbocycles. The number of carbonyl (C=O) groups excluding carboxylic acids is 1. The van der Waals surface area contributed by atoms with E-state index >= 15 is 0 Å². The normalized spacial score (nSPS) is 13.3. The molecule has 43 heavy (non-hydrogen) atoms. The number of nitrogens with two attached hydrogens (primary N) is 1. The molecule has 1 amide bonds. The number of carbonyl (C=O) groups is 1. The van der Waals surface area contributed by atoms with Crippen LogP contribution in [0.5, 0.6) is 0 Å². The minimum absolute atomic E-state index is 0.0706. The van der Waals surface area contributed by atoms with Crippen molar-refractivity contribution in [2.24, 2.45) is 0 Å². The lowest BCUT2D eigenvalue weighted by Crippen LogP contribution is -2.32. The summed E-state index contributed by atoms with van der Waals surface area (Å²) in [5.41, 5.74) is 9.09. The number of imidazole rings is 1. The van der Waals surface area contributed by atoms with Crippen LogP contribution in [0.1, 0.15) is 46.1 Å². The molecular formula is C32H27N9O2. The van der Waals surface area contributed by atoms with E-state index in [1.807, 2.05) is 61.5 Å². The summed E-state index contributed by atoms with van der Waals surface area (Å²) in [7, 11) is 0. The molecule has 0 radical (unpaired) electrons. The Morgan fingerprint density at radius 2 is 1.95 bits per heavy atom. The number of nitrogen functional groups attached to an aromatic ring is 1. The lowest BCUT2D eigenvalue weighted by Gasteiger charge is -2.21. The molecule has 4 aromatic heterocycles. The fourth-order valence-electron chi connectivity index (χ4n) is 5.54. The van der Waals surface area contributed by atoms with E-state index in [1.54, 1.807) is 29.2 Å². The predicted molar refractivity (Wildman–Crippen MR) is 163 cm³/mol. The highest BCUT2D eigenvalue weighted by atomic mass is 16.2. The molecule has 212 valence electrons. The monoisotopic (exact) mass is 569 g/mol. The Morgan fingerprint density at radius 1 is 1.09 bits per heavy atom. The van der Waals surface area contributed by atoms with Crippen molar-refractivity contribution < 1.29 is 4.79 Å². The van der Waals surface area contributed by atoms with E-state index in [9.17, 15) is 9.59 Å². The molecule has 1 unspecified atom stereocenters. The van der Waals surface area contributed by atoms with Crippen molar-refractivity contribution in [1.82, 2.24) is 39.3 Å². The third kappa shape index (κ3) is 4.60. The largest absolute Gasteiger partial charge is 0.381 e. The second-order valence-corrected chi connectivity index (χ2v) is 10.3. The van der Waals surface area contributed by atoms with Crippen LogP contribution in [0.2, 0.25) is 0 Å². The zero-order valence-electron chi connectivity index (χ0n) is 23.3. The van der Waals surface area contributed by atoms with Crippen LogP contribution in [0, 0.1) is 11.8 Å². The van der Waals surface area contributed by atoms with Gasteiger partial charge in [-0.1, -0.05) is 36.3 Å². The van der Waals surface area contributed by atoms with Crippen LogP contribution in [0.4, 0.5) is 5.82 Å². The van der Waals surface area contributed by atoms with Crippen molar-refractivity contribution in [2.75, 3.05) is 12.3 Å². The zero-order chi connectivity index (χ0) is 29.5. The maximum absolute atomic E-state index is 14.3. The Morgan fingerprint density at radius 3 is 2.81 bits per heavy atom. The number of nitrogens with zero attached hydrogens (tertiary/aromatic N) is 6. The van der Waals surface area contributed by atoms with Gasteiger partial charge in [0, 0.05) is 42.4 Å². The summed E-state index contributed by atoms with van der Waals surface area (Å²) in [5.74, 6) is 7.05. The molecule has 11 heteroatoms. The summed E-state index contributed by atoms with van der Waals surface area (Å²) < 4.78 is 5.19. The molecule has 0 saturated heterocycles. The van der Waals surface area contributed by atoms with Gasteiger partial charge in [0.15, 0.2) is 11.5 Å². The Kier molecular flexibility index (Phi) is 6.45. The quantitative estimate of drug-likeness (QED) is 0.278. The van der Waals surface area contributed by atoms with Crippen LogP contribution in [-0.4, -0.2) is 41.2 Å². The van der Waals surface area contributed by atoms with Gasteiger partial charge in [0.05, 0.1) is 24.2 Å². The summed E-state index contributed by atoms with van der Waals surface area (Å²) >= 11 is 0. The Labute approximate surface area is 246 Å². The maximum atomic E-state index is 14.3. The molecule has 5 heterocycles. The number of hydrogen-bond donors (Lipinski definition) is 3. The second-order valence-electron chi connectivity index (χ2n) is 10.3. The van der Waals surface area contributed by atoms with Gasteiger partial charge in [0.2, 0.25) is 0 Å². The molecule has 2 aromatic carbocycles. The summed E-state index contributed by atoms with van der Waals surface area (Å²) in [6, 6.07) is 18.0. The highest BCUT2D eigenvalue weighted by molar-refractivity contribution is 6.04. The van der Waals surface area contributed by atoms with Gasteiger partial charge in [-0.25, -0.2) is 14.5 Å². The van der Waals surface area contributed by atoms with E-state index in [1.165, 1.54) is 4.52 Å². The SMILES string of the molecule is CC(NC(=O)c1c(N)nn2cccnc12)c1cc2cccc(C#Cc3cnc4n3CCNC4)c2c(=O)n1-c1ccccc1. The molecule has 0 bridgehead atoms. The van der Waals surface area contributed by atoms with E-state index in [4.69, 9.17) is 5.73 Å². The Hall–Kier alpha value is -5.73. The molecule has 0 fully saturated rings. The standard InChI is InChI=1S/C32H27N9O2/c1-20(37-31(42)28-29(33)38-40-15-6-13-35-30(28)40)25-17-22-8-5-7-21(11-12-24-18-36-26-19-34-14-16-39(24)26)27(22)32(43)41(25)23-9-3-2-4-10-23/h2-10,13,15,17-18,20,34H,14,16,19H2,1H3,(H2,33,38)(H,37,42). The number of hydrogen-bond acceptors (Lipinski definition) is 7. The molecule has 1 aliphatic heterocycles. The number of aromatic nitrogens is 6. The van der Waals surface area contributed by atoms with Crippen molar-refractivity contribution in [3.63, 3.8) is 0 Å². The molecule has 0 spiro atoms. The van der Waals surface area contributed by atoms with Crippen molar-refractivity contribution >= 4 is 28.1 Å². The maximum Gasteiger partial charge on any atom is 0.264 e. The zero-order valence-corrected chi connectivity index (χ0v) is 23.3. The summed E-state index contributed by atoms with van der Waals surface area (Å²) in [5, 5.41) is 11.7. The smallest absolute Gasteiger partial charge is 0.264 e. The number of pyridine rings is 1. The van der Waals surface area contributed by atoms with E-state index in [2.05, 4.69) is 42.1 Å². The molecule has 6 aromatic rings. The third-order valence-electron chi connectivity index (χ3n) is 7.59. The number of amides is 1. The second kappa shape index (κ2) is 10.6. The van der Waals surface area contributed by atoms with Crippen LogP contribution in [0.25, 0.3) is 22.1 Å². The van der Waals surface area contributed by atoms with E-state index in [0.717, 1.165) is 30.0 Å². The van der Waals surface area contributed by atoms with Gasteiger partial charge in [-0.05, 0) is 48.6 Å². The summed E-state index contributed by atoms with van der Waals surface area (Å²) in [6.07, 6.45) is 5.03. The first-order valence-electron chi connectivity index (χ1n) is 13.9. The molecule has 1 aliphatic rings. The molecule has 11 nitrogen and oxygen atoms in total. The van der Waals surface area contributed by atoms with Gasteiger partial charge in [0.1, 0.15) is 17.1 Å². The summed E-state index contributed by atoms with van der Waals surface area (Å²) in [6.45, 7) is 4.18. The Bertz CT molecular complexity index is 2150. The third-order valence-corrected chi connectivity index (χ3v) is 7.59. The highest BCUT2D eigenvalue weighted by Gasteiger charge is 2.24. The first-order valence-corrected chi connectivity index (χ1v) is 13.9. The van der Waals surface area contributed by atoms with E-state index in [-0.39, 0.29) is 16.9 Å². The van der Waals surface area contributed by atoms with E-state index < -0.39 is 11.9 Å². The number of benzene rings is 2. The van der Waals surface area contributed by atoms with Crippen LogP contribution in [-0.2, 0) is 13.1 Å². The average Bonchev–Trinajstić information content (AvgIpc) is 3.60. The molecule has 1 atom stereocenters. The van der Waals surface area contributed by atoms with Crippen LogP contribution in [0.3, 0.4) is 0 Å². The topological polar surface area (TPSA) is 137 Å². The number of anilines is 1. The average molecular weight is 570 g/mol. The van der Waals surface area contributed by atoms with E-state index in [0.29, 0.717) is 34.5 Å². The number of nitrogens with one attached hydrogen (secondary N) is 2. The first kappa shape index (κ1) is 26.2. The van der Waals surface area contributed by atoms with Crippen LogP contribution >= 0.6 is 0 Å². The highest BCUT2D eigenvalue weighted by Crippen LogP contribution is 2.24. The van der Waals surface area contributed by atoms with Gasteiger partial charge in [-0.2, -0.15) is 0 Å². The van der Waals surface area contributed by atoms with Gasteiger partial charge in [-0.3, -0.25) is 14.2 Å². The van der Waals surface area contributed by atoms with Gasteiger partial charge < -0.3 is 20.9 Å². The minimum atomic E-state index is -0.579. The number of rotatable bonds is 4. The van der Waals surface area contributed by atoms with Gasteiger partial charge in [0.25, 0.3) is 11.5 Å². The lowest BCUT2D eigenvalue weighted by molar-refractivity contribution is 0.0941. The predicted octanol–water partition coefficient (Wildman–Crippen LogP) is 2.81. The number of para-hydroxylation sites is 1. The fourth-order valence-corrected chi connectivity index (χ4v) is 5.54. The Balaban J connectivity index is 1.33. The number of fused-ring (bicyclic) bond motifs is 3. The van der Waals surface area contributed by atoms with Crippen LogP contribution in [0.15, 0.2) is 84.0 Å². The van der Waals surface area contributed by atoms with Crippen LogP contribution < -0.4 is 21.9 Å². The molecule has 7 rings (SSSR count). The molecule has 0 saturated carbocycles. The lowest BCUT2D eigenvalue weighted by atomic mass is 10.0. The minimum Gasteiger partial charge on any atom is -0.381 e. The van der Waals surface area contributed by atoms with Crippen molar-refractivity contribution in [1.29, 1.82) is 0 Å². The molecule has 4 N–H and O–H groups in total. The first-order chi connectivity index (χ1) is 21.0. The van der Waals surface area contributed by atoms with Crippen molar-refractivity contribution in [2.45, 2.75) is 26.1 Å². The summed E-state index contributed by atoms with van der Waals surface area (Å²) in [4.78, 5) is 36.6. The molecular weight excluding hydrogens is 542 g/mol.